The van der Waals surface area contributed by atoms with Crippen LogP contribution in [-0.2, 0) is 16.6 Å². The molecule has 0 heterocycles. The van der Waals surface area contributed by atoms with Gasteiger partial charge in [-0.15, -0.1) is 0 Å². The van der Waals surface area contributed by atoms with Gasteiger partial charge in [0.1, 0.15) is 10.7 Å². The zero-order chi connectivity index (χ0) is 15.5. The quantitative estimate of drug-likeness (QED) is 0.817. The second-order valence-corrected chi connectivity index (χ2v) is 8.20. The molecular formula is C12H18BrFN2O2S2. The molecule has 1 unspecified atom stereocenters. The lowest BCUT2D eigenvalue weighted by Gasteiger charge is -2.24. The highest BCUT2D eigenvalue weighted by molar-refractivity contribution is 9.10. The van der Waals surface area contributed by atoms with Crippen LogP contribution in [0.1, 0.15) is 12.5 Å². The minimum atomic E-state index is -3.89. The lowest BCUT2D eigenvalue weighted by Crippen LogP contribution is -2.37. The van der Waals surface area contributed by atoms with Gasteiger partial charge in [-0.2, -0.15) is 16.1 Å². The summed E-state index contributed by atoms with van der Waals surface area (Å²) in [7, 11) is -2.43. The van der Waals surface area contributed by atoms with Crippen molar-refractivity contribution in [1.82, 2.24) is 4.31 Å². The van der Waals surface area contributed by atoms with E-state index < -0.39 is 15.8 Å². The third-order valence-electron chi connectivity index (χ3n) is 2.98. The first-order valence-corrected chi connectivity index (χ1v) is 9.53. The normalized spacial score (nSPS) is 13.8. The highest BCUT2D eigenvalue weighted by Gasteiger charge is 2.29. The minimum Gasteiger partial charge on any atom is -0.326 e. The number of nitrogens with two attached hydrogens (primary N) is 1. The monoisotopic (exact) mass is 384 g/mol. The summed E-state index contributed by atoms with van der Waals surface area (Å²) in [4.78, 5) is -0.345. The Balaban J connectivity index is 3.32. The van der Waals surface area contributed by atoms with E-state index in [1.165, 1.54) is 35.2 Å². The van der Waals surface area contributed by atoms with Crippen molar-refractivity contribution in [2.75, 3.05) is 19.1 Å². The minimum absolute atomic E-state index is 0.0577. The summed E-state index contributed by atoms with van der Waals surface area (Å²) in [6.45, 7) is 1.73. The van der Waals surface area contributed by atoms with Gasteiger partial charge in [0, 0.05) is 35.4 Å². The fraction of sp³-hybridized carbons (Fsp3) is 0.500. The molecule has 8 heteroatoms. The molecule has 0 aliphatic heterocycles. The molecule has 2 N–H and O–H groups in total. The fourth-order valence-electron chi connectivity index (χ4n) is 1.69. The van der Waals surface area contributed by atoms with Crippen LogP contribution in [0.5, 0.6) is 0 Å². The van der Waals surface area contributed by atoms with Gasteiger partial charge in [-0.25, -0.2) is 12.8 Å². The third kappa shape index (κ3) is 3.73. The molecule has 1 atom stereocenters. The maximum atomic E-state index is 14.2. The summed E-state index contributed by atoms with van der Waals surface area (Å²) < 4.78 is 40.9. The van der Waals surface area contributed by atoms with Crippen molar-refractivity contribution >= 4 is 37.7 Å². The standard InChI is InChI=1S/C12H18BrFN2O2S2/c1-8(7-19-3)16(2)20(17,18)11-5-10(13)4-9(6-15)12(11)14/h4-5,8H,6-7,15H2,1-3H3. The first kappa shape index (κ1) is 17.9. The molecule has 0 saturated heterocycles. The van der Waals surface area contributed by atoms with Crippen LogP contribution in [0.25, 0.3) is 0 Å². The zero-order valence-electron chi connectivity index (χ0n) is 11.6. The van der Waals surface area contributed by atoms with E-state index in [1.807, 2.05) is 6.26 Å². The lowest BCUT2D eigenvalue weighted by molar-refractivity contribution is 0.411. The van der Waals surface area contributed by atoms with E-state index in [9.17, 15) is 12.8 Å². The SMILES string of the molecule is CSCC(C)N(C)S(=O)(=O)c1cc(Br)cc(CN)c1F. The third-order valence-corrected chi connectivity index (χ3v) is 6.23. The molecule has 1 aromatic rings. The Kier molecular flexibility index (Phi) is 6.46. The molecule has 0 aromatic heterocycles. The summed E-state index contributed by atoms with van der Waals surface area (Å²) in [5.74, 6) is -0.145. The molecule has 1 rings (SSSR count). The van der Waals surface area contributed by atoms with E-state index in [1.54, 1.807) is 6.92 Å². The van der Waals surface area contributed by atoms with E-state index in [0.717, 1.165) is 0 Å². The molecule has 0 radical (unpaired) electrons. The molecule has 0 bridgehead atoms. The van der Waals surface area contributed by atoms with Crippen molar-refractivity contribution < 1.29 is 12.8 Å². The van der Waals surface area contributed by atoms with Crippen LogP contribution in [-0.4, -0.2) is 37.8 Å². The predicted octanol–water partition coefficient (Wildman–Crippen LogP) is 2.42. The highest BCUT2D eigenvalue weighted by Crippen LogP contribution is 2.27. The maximum Gasteiger partial charge on any atom is 0.246 e. The molecule has 0 spiro atoms. The largest absolute Gasteiger partial charge is 0.326 e. The van der Waals surface area contributed by atoms with Crippen molar-refractivity contribution in [1.29, 1.82) is 0 Å². The van der Waals surface area contributed by atoms with Crippen LogP contribution in [0.15, 0.2) is 21.5 Å². The second kappa shape index (κ2) is 7.22. The topological polar surface area (TPSA) is 63.4 Å². The van der Waals surface area contributed by atoms with Crippen molar-refractivity contribution in [3.8, 4) is 0 Å². The Bertz CT molecular complexity index is 581. The number of hydrogen-bond acceptors (Lipinski definition) is 4. The van der Waals surface area contributed by atoms with Gasteiger partial charge in [0.2, 0.25) is 10.0 Å². The van der Waals surface area contributed by atoms with E-state index in [2.05, 4.69) is 15.9 Å². The van der Waals surface area contributed by atoms with Crippen molar-refractivity contribution in [2.24, 2.45) is 5.73 Å². The van der Waals surface area contributed by atoms with Crippen molar-refractivity contribution in [2.45, 2.75) is 24.4 Å². The summed E-state index contributed by atoms with van der Waals surface area (Å²) >= 11 is 4.72. The number of benzene rings is 1. The van der Waals surface area contributed by atoms with Gasteiger partial charge in [-0.05, 0) is 25.3 Å². The van der Waals surface area contributed by atoms with Crippen LogP contribution in [0.4, 0.5) is 4.39 Å². The average molecular weight is 385 g/mol. The van der Waals surface area contributed by atoms with Crippen LogP contribution in [0.3, 0.4) is 0 Å². The van der Waals surface area contributed by atoms with E-state index in [0.29, 0.717) is 10.2 Å². The summed E-state index contributed by atoms with van der Waals surface area (Å²) in [5.41, 5.74) is 5.61. The molecule has 20 heavy (non-hydrogen) atoms. The lowest BCUT2D eigenvalue weighted by atomic mass is 10.2. The van der Waals surface area contributed by atoms with Gasteiger partial charge in [0.25, 0.3) is 0 Å². The summed E-state index contributed by atoms with van der Waals surface area (Å²) in [6, 6.07) is 2.53. The van der Waals surface area contributed by atoms with Gasteiger partial charge in [-0.3, -0.25) is 0 Å². The molecule has 0 fully saturated rings. The van der Waals surface area contributed by atoms with Crippen molar-refractivity contribution in [3.63, 3.8) is 0 Å². The molecule has 114 valence electrons. The average Bonchev–Trinajstić information content (AvgIpc) is 2.40. The zero-order valence-corrected chi connectivity index (χ0v) is 14.8. The number of thioether (sulfide) groups is 1. The Morgan fingerprint density at radius 1 is 1.50 bits per heavy atom. The molecule has 1 aromatic carbocycles. The van der Waals surface area contributed by atoms with Crippen LogP contribution >= 0.6 is 27.7 Å². The first-order chi connectivity index (χ1) is 9.25. The molecule has 0 saturated carbocycles. The Hall–Kier alpha value is -0.150. The second-order valence-electron chi connectivity index (χ2n) is 4.41. The van der Waals surface area contributed by atoms with Gasteiger partial charge < -0.3 is 5.73 Å². The first-order valence-electron chi connectivity index (χ1n) is 5.90. The summed E-state index contributed by atoms with van der Waals surface area (Å²) in [6.07, 6.45) is 1.89. The van der Waals surface area contributed by atoms with E-state index in [-0.39, 0.29) is 23.0 Å². The smallest absolute Gasteiger partial charge is 0.246 e. The Labute approximate surface area is 132 Å². The van der Waals surface area contributed by atoms with Crippen LogP contribution in [0.2, 0.25) is 0 Å². The van der Waals surface area contributed by atoms with Gasteiger partial charge in [0.05, 0.1) is 0 Å². The number of sulfonamides is 1. The van der Waals surface area contributed by atoms with E-state index in [4.69, 9.17) is 5.73 Å². The van der Waals surface area contributed by atoms with E-state index >= 15 is 0 Å². The highest BCUT2D eigenvalue weighted by atomic mass is 79.9. The molecule has 0 amide bonds. The fourth-order valence-corrected chi connectivity index (χ4v) is 4.64. The van der Waals surface area contributed by atoms with Crippen LogP contribution in [0, 0.1) is 5.82 Å². The number of hydrogen-bond donors (Lipinski definition) is 1. The van der Waals surface area contributed by atoms with Gasteiger partial charge in [0.15, 0.2) is 0 Å². The molecule has 4 nitrogen and oxygen atoms in total. The van der Waals surface area contributed by atoms with Gasteiger partial charge >= 0.3 is 0 Å². The maximum absolute atomic E-state index is 14.2. The number of rotatable bonds is 6. The molecule has 0 aliphatic carbocycles. The number of nitrogens with zero attached hydrogens (tertiary/aromatic N) is 1. The molecule has 0 aliphatic rings. The summed E-state index contributed by atoms with van der Waals surface area (Å²) in [5, 5.41) is 0. The Morgan fingerprint density at radius 2 is 2.10 bits per heavy atom. The Morgan fingerprint density at radius 3 is 2.60 bits per heavy atom. The van der Waals surface area contributed by atoms with Crippen LogP contribution < -0.4 is 5.73 Å². The van der Waals surface area contributed by atoms with Crippen molar-refractivity contribution in [3.05, 3.63) is 28.0 Å². The predicted molar refractivity (Wildman–Crippen MR) is 84.8 cm³/mol. The number of halogens is 2. The molecular weight excluding hydrogens is 367 g/mol. The van der Waals surface area contributed by atoms with Gasteiger partial charge in [-0.1, -0.05) is 15.9 Å².